The molecule has 0 fully saturated rings. The molecular weight excluding hydrogens is 168 g/mol. The van der Waals surface area contributed by atoms with E-state index >= 15 is 0 Å². The van der Waals surface area contributed by atoms with Crippen LogP contribution in [-0.2, 0) is 0 Å². The summed E-state index contributed by atoms with van der Waals surface area (Å²) in [5, 5.41) is 0. The zero-order valence-electron chi connectivity index (χ0n) is 7.06. The number of carbonyl (C=O) groups excluding carboxylic acids is 1. The van der Waals surface area contributed by atoms with E-state index in [2.05, 4.69) is 9.97 Å². The first kappa shape index (κ1) is 7.72. The van der Waals surface area contributed by atoms with Gasteiger partial charge in [0.25, 0.3) is 0 Å². The van der Waals surface area contributed by atoms with E-state index in [0.29, 0.717) is 17.0 Å². The molecule has 2 aromatic rings. The second-order valence-corrected chi connectivity index (χ2v) is 2.74. The maximum Gasteiger partial charge on any atom is 0.165 e. The summed E-state index contributed by atoms with van der Waals surface area (Å²) >= 11 is 0. The molecule has 5 nitrogen and oxygen atoms in total. The summed E-state index contributed by atoms with van der Waals surface area (Å²) in [6, 6.07) is 0. The second-order valence-electron chi connectivity index (χ2n) is 2.74. The van der Waals surface area contributed by atoms with Crippen molar-refractivity contribution >= 4 is 17.2 Å². The van der Waals surface area contributed by atoms with E-state index in [0.717, 1.165) is 0 Å². The van der Waals surface area contributed by atoms with Gasteiger partial charge in [-0.3, -0.25) is 9.20 Å². The maximum absolute atomic E-state index is 11.1. The number of nitrogens with zero attached hydrogens (tertiary/aromatic N) is 3. The summed E-state index contributed by atoms with van der Waals surface area (Å²) < 4.78 is 1.58. The van der Waals surface area contributed by atoms with E-state index in [1.807, 2.05) is 0 Å². The van der Waals surface area contributed by atoms with Gasteiger partial charge in [0, 0.05) is 6.20 Å². The number of hydrogen-bond acceptors (Lipinski definition) is 4. The number of nitrogens with two attached hydrogens (primary N) is 1. The summed E-state index contributed by atoms with van der Waals surface area (Å²) in [7, 11) is 0. The number of aromatic nitrogens is 3. The predicted molar refractivity (Wildman–Crippen MR) is 47.4 cm³/mol. The third-order valence-corrected chi connectivity index (χ3v) is 1.86. The van der Waals surface area contributed by atoms with Gasteiger partial charge in [-0.15, -0.1) is 0 Å². The first-order valence-corrected chi connectivity index (χ1v) is 3.77. The highest BCUT2D eigenvalue weighted by atomic mass is 16.1. The standard InChI is InChI=1S/C8H8N4O/c1-5(13)6-2-11-7-3-10-4-12(7)8(6)9/h2-4H,9H2,1H3. The molecule has 0 saturated carbocycles. The summed E-state index contributed by atoms with van der Waals surface area (Å²) in [6.07, 6.45) is 4.58. The van der Waals surface area contributed by atoms with Gasteiger partial charge in [-0.1, -0.05) is 0 Å². The fourth-order valence-corrected chi connectivity index (χ4v) is 1.17. The zero-order chi connectivity index (χ0) is 9.42. The van der Waals surface area contributed by atoms with Crippen molar-refractivity contribution in [3.63, 3.8) is 0 Å². The van der Waals surface area contributed by atoms with Crippen molar-refractivity contribution in [2.75, 3.05) is 5.73 Å². The third kappa shape index (κ3) is 1.05. The van der Waals surface area contributed by atoms with Crippen LogP contribution in [0, 0.1) is 0 Å². The van der Waals surface area contributed by atoms with Crippen molar-refractivity contribution in [1.29, 1.82) is 0 Å². The number of nitrogen functional groups attached to an aromatic ring is 1. The van der Waals surface area contributed by atoms with Gasteiger partial charge in [0.15, 0.2) is 11.4 Å². The highest BCUT2D eigenvalue weighted by Gasteiger charge is 2.08. The number of ketones is 1. The van der Waals surface area contributed by atoms with Gasteiger partial charge in [-0.2, -0.15) is 0 Å². The van der Waals surface area contributed by atoms with Crippen LogP contribution in [0.2, 0.25) is 0 Å². The Balaban J connectivity index is 2.80. The molecule has 0 saturated heterocycles. The molecule has 0 radical (unpaired) electrons. The smallest absolute Gasteiger partial charge is 0.165 e. The minimum absolute atomic E-state index is 0.0967. The quantitative estimate of drug-likeness (QED) is 0.642. The van der Waals surface area contributed by atoms with E-state index in [4.69, 9.17) is 5.73 Å². The molecule has 2 N–H and O–H groups in total. The zero-order valence-corrected chi connectivity index (χ0v) is 7.06. The average molecular weight is 176 g/mol. The molecule has 0 spiro atoms. The molecule has 0 atom stereocenters. The lowest BCUT2D eigenvalue weighted by Crippen LogP contribution is -2.06. The first-order chi connectivity index (χ1) is 6.20. The van der Waals surface area contributed by atoms with Crippen LogP contribution in [0.25, 0.3) is 5.65 Å². The molecule has 0 aliphatic rings. The van der Waals surface area contributed by atoms with Crippen LogP contribution in [0.1, 0.15) is 17.3 Å². The van der Waals surface area contributed by atoms with Gasteiger partial charge < -0.3 is 5.73 Å². The SMILES string of the molecule is CC(=O)c1cnc2cncn2c1N. The van der Waals surface area contributed by atoms with Crippen LogP contribution in [0.4, 0.5) is 5.82 Å². The van der Waals surface area contributed by atoms with Crippen LogP contribution < -0.4 is 5.73 Å². The number of carbonyl (C=O) groups is 1. The molecule has 0 aromatic carbocycles. The molecule has 2 aromatic heterocycles. The Kier molecular flexibility index (Phi) is 1.51. The summed E-state index contributed by atoms with van der Waals surface area (Å²) in [6.45, 7) is 1.45. The fourth-order valence-electron chi connectivity index (χ4n) is 1.17. The topological polar surface area (TPSA) is 73.3 Å². The monoisotopic (exact) mass is 176 g/mol. The largest absolute Gasteiger partial charge is 0.384 e. The number of hydrogen-bond donors (Lipinski definition) is 1. The Bertz CT molecular complexity index is 474. The minimum atomic E-state index is -0.0967. The number of Topliss-reactive ketones (excluding diaryl/α,β-unsaturated/α-hetero) is 1. The fraction of sp³-hybridized carbons (Fsp3) is 0.125. The molecule has 0 bridgehead atoms. The second kappa shape index (κ2) is 2.55. The van der Waals surface area contributed by atoms with E-state index < -0.39 is 0 Å². The Morgan fingerprint density at radius 1 is 1.54 bits per heavy atom. The van der Waals surface area contributed by atoms with E-state index in [1.54, 1.807) is 10.6 Å². The molecule has 0 amide bonds. The average Bonchev–Trinajstić information content (AvgIpc) is 2.52. The van der Waals surface area contributed by atoms with Crippen molar-refractivity contribution in [3.05, 3.63) is 24.3 Å². The van der Waals surface area contributed by atoms with E-state index in [9.17, 15) is 4.79 Å². The van der Waals surface area contributed by atoms with Crippen LogP contribution in [0.5, 0.6) is 0 Å². The normalized spacial score (nSPS) is 10.5. The lowest BCUT2D eigenvalue weighted by molar-refractivity contribution is 0.101. The van der Waals surface area contributed by atoms with Gasteiger partial charge in [0.2, 0.25) is 0 Å². The molecule has 2 heterocycles. The van der Waals surface area contributed by atoms with Gasteiger partial charge in [0.05, 0.1) is 11.8 Å². The van der Waals surface area contributed by atoms with Crippen molar-refractivity contribution in [3.8, 4) is 0 Å². The molecular formula is C8H8N4O. The Hall–Kier alpha value is -1.91. The van der Waals surface area contributed by atoms with Crippen LogP contribution >= 0.6 is 0 Å². The Morgan fingerprint density at radius 2 is 2.31 bits per heavy atom. The minimum Gasteiger partial charge on any atom is -0.384 e. The lowest BCUT2D eigenvalue weighted by Gasteiger charge is -2.02. The lowest BCUT2D eigenvalue weighted by atomic mass is 10.2. The molecule has 0 aliphatic heterocycles. The molecule has 0 aliphatic carbocycles. The Morgan fingerprint density at radius 3 is 3.00 bits per heavy atom. The molecule has 66 valence electrons. The van der Waals surface area contributed by atoms with Crippen molar-refractivity contribution in [1.82, 2.24) is 14.4 Å². The molecule has 13 heavy (non-hydrogen) atoms. The highest BCUT2D eigenvalue weighted by Crippen LogP contribution is 2.12. The number of imidazole rings is 1. The van der Waals surface area contributed by atoms with Gasteiger partial charge in [-0.25, -0.2) is 9.97 Å². The van der Waals surface area contributed by atoms with Crippen molar-refractivity contribution in [2.45, 2.75) is 6.92 Å². The number of rotatable bonds is 1. The number of fused-ring (bicyclic) bond motifs is 1. The summed E-state index contributed by atoms with van der Waals surface area (Å²) in [5.41, 5.74) is 6.79. The van der Waals surface area contributed by atoms with Crippen molar-refractivity contribution < 1.29 is 4.79 Å². The van der Waals surface area contributed by atoms with Gasteiger partial charge in [0.1, 0.15) is 12.1 Å². The van der Waals surface area contributed by atoms with E-state index in [-0.39, 0.29) is 5.78 Å². The third-order valence-electron chi connectivity index (χ3n) is 1.86. The summed E-state index contributed by atoms with van der Waals surface area (Å²) in [4.78, 5) is 19.0. The molecule has 0 unspecified atom stereocenters. The molecule has 2 rings (SSSR count). The number of anilines is 1. The van der Waals surface area contributed by atoms with Gasteiger partial charge in [-0.05, 0) is 6.92 Å². The first-order valence-electron chi connectivity index (χ1n) is 3.77. The van der Waals surface area contributed by atoms with Crippen molar-refractivity contribution in [2.24, 2.45) is 0 Å². The molecule has 5 heteroatoms. The van der Waals surface area contributed by atoms with Crippen LogP contribution in [0.3, 0.4) is 0 Å². The van der Waals surface area contributed by atoms with Crippen LogP contribution in [-0.4, -0.2) is 20.2 Å². The van der Waals surface area contributed by atoms with Crippen LogP contribution in [0.15, 0.2) is 18.7 Å². The highest BCUT2D eigenvalue weighted by molar-refractivity contribution is 5.98. The van der Waals surface area contributed by atoms with Gasteiger partial charge >= 0.3 is 0 Å². The maximum atomic E-state index is 11.1. The Labute approximate surface area is 74.2 Å². The summed E-state index contributed by atoms with van der Waals surface area (Å²) in [5.74, 6) is 0.288. The predicted octanol–water partition coefficient (Wildman–Crippen LogP) is 0.514. The van der Waals surface area contributed by atoms with E-state index in [1.165, 1.54) is 19.4 Å².